The Morgan fingerprint density at radius 1 is 1.32 bits per heavy atom. The summed E-state index contributed by atoms with van der Waals surface area (Å²) >= 11 is 0. The fourth-order valence-corrected chi connectivity index (χ4v) is 1.90. The molecular formula is C15H17N3O4. The van der Waals surface area contributed by atoms with E-state index in [1.807, 2.05) is 30.3 Å². The Bertz CT molecular complexity index is 652. The molecule has 0 aliphatic heterocycles. The normalized spacial score (nSPS) is 10.2. The maximum absolute atomic E-state index is 12.1. The van der Waals surface area contributed by atoms with Crippen LogP contribution in [0.4, 0.5) is 0 Å². The summed E-state index contributed by atoms with van der Waals surface area (Å²) in [5.41, 5.74) is 0.979. The van der Waals surface area contributed by atoms with E-state index in [-0.39, 0.29) is 18.7 Å². The lowest BCUT2D eigenvalue weighted by Gasteiger charge is -2.03. The van der Waals surface area contributed by atoms with Crippen molar-refractivity contribution in [2.75, 3.05) is 13.7 Å². The lowest BCUT2D eigenvalue weighted by atomic mass is 10.3. The first-order chi connectivity index (χ1) is 10.6. The molecule has 116 valence electrons. The number of hydrogen-bond donors (Lipinski definition) is 2. The Morgan fingerprint density at radius 2 is 2.05 bits per heavy atom. The minimum Gasteiger partial charge on any atom is -0.493 e. The topological polar surface area (TPSA) is 93.5 Å². The molecule has 1 amide bonds. The van der Waals surface area contributed by atoms with Gasteiger partial charge in [0.25, 0.3) is 5.91 Å². The lowest BCUT2D eigenvalue weighted by Crippen LogP contribution is -2.25. The molecular weight excluding hydrogens is 286 g/mol. The van der Waals surface area contributed by atoms with Gasteiger partial charge in [0.2, 0.25) is 0 Å². The van der Waals surface area contributed by atoms with E-state index in [1.165, 1.54) is 7.11 Å². The standard InChI is InChI=1S/C15H17N3O4/c1-22-12-10-18(11-6-3-2-4-7-11)17-14(12)15(21)16-9-5-8-13(19)20/h2-4,6-7,10H,5,8-9H2,1H3,(H,16,21)(H,19,20). The first-order valence-corrected chi connectivity index (χ1v) is 6.81. The Balaban J connectivity index is 2.08. The highest BCUT2D eigenvalue weighted by Gasteiger charge is 2.17. The molecule has 0 fully saturated rings. The van der Waals surface area contributed by atoms with Crippen molar-refractivity contribution in [2.24, 2.45) is 0 Å². The molecule has 1 heterocycles. The molecule has 2 rings (SSSR count). The number of rotatable bonds is 7. The average Bonchev–Trinajstić information content (AvgIpc) is 2.96. The molecule has 22 heavy (non-hydrogen) atoms. The Hall–Kier alpha value is -2.83. The zero-order chi connectivity index (χ0) is 15.9. The number of aliphatic carboxylic acids is 1. The number of hydrogen-bond acceptors (Lipinski definition) is 4. The van der Waals surface area contributed by atoms with Gasteiger partial charge < -0.3 is 15.2 Å². The number of carboxylic acids is 1. The van der Waals surface area contributed by atoms with Crippen LogP contribution >= 0.6 is 0 Å². The summed E-state index contributed by atoms with van der Waals surface area (Å²) in [6.07, 6.45) is 2.00. The molecule has 1 aromatic carbocycles. The van der Waals surface area contributed by atoms with Gasteiger partial charge in [0.15, 0.2) is 11.4 Å². The van der Waals surface area contributed by atoms with Crippen molar-refractivity contribution in [3.8, 4) is 11.4 Å². The number of methoxy groups -OCH3 is 1. The second-order valence-corrected chi connectivity index (χ2v) is 4.58. The molecule has 0 saturated carbocycles. The largest absolute Gasteiger partial charge is 0.493 e. The Morgan fingerprint density at radius 3 is 2.68 bits per heavy atom. The van der Waals surface area contributed by atoms with Gasteiger partial charge in [0.05, 0.1) is 19.0 Å². The van der Waals surface area contributed by atoms with Gasteiger partial charge in [0, 0.05) is 13.0 Å². The monoisotopic (exact) mass is 303 g/mol. The number of aromatic nitrogens is 2. The lowest BCUT2D eigenvalue weighted by molar-refractivity contribution is -0.137. The number of para-hydroxylation sites is 1. The fourth-order valence-electron chi connectivity index (χ4n) is 1.90. The van der Waals surface area contributed by atoms with Crippen molar-refractivity contribution in [3.05, 3.63) is 42.2 Å². The predicted molar refractivity (Wildman–Crippen MR) is 79.3 cm³/mol. The average molecular weight is 303 g/mol. The number of carbonyl (C=O) groups is 2. The van der Waals surface area contributed by atoms with Crippen molar-refractivity contribution in [1.82, 2.24) is 15.1 Å². The Kier molecular flexibility index (Phi) is 5.13. The van der Waals surface area contributed by atoms with Crippen LogP contribution in [0, 0.1) is 0 Å². The van der Waals surface area contributed by atoms with Crippen molar-refractivity contribution >= 4 is 11.9 Å². The molecule has 0 aliphatic rings. The Labute approximate surface area is 127 Å². The molecule has 2 aromatic rings. The molecule has 7 heteroatoms. The van der Waals surface area contributed by atoms with Gasteiger partial charge in [-0.15, -0.1) is 0 Å². The van der Waals surface area contributed by atoms with Crippen LogP contribution in [-0.2, 0) is 4.79 Å². The number of benzene rings is 1. The minimum atomic E-state index is -0.889. The summed E-state index contributed by atoms with van der Waals surface area (Å²) in [7, 11) is 1.47. The van der Waals surface area contributed by atoms with Crippen LogP contribution in [-0.4, -0.2) is 40.4 Å². The number of ether oxygens (including phenoxy) is 1. The summed E-state index contributed by atoms with van der Waals surface area (Å²) in [5.74, 6) is -0.920. The zero-order valence-corrected chi connectivity index (χ0v) is 12.2. The summed E-state index contributed by atoms with van der Waals surface area (Å²) in [4.78, 5) is 22.5. The van der Waals surface area contributed by atoms with Crippen LogP contribution in [0.3, 0.4) is 0 Å². The van der Waals surface area contributed by atoms with Gasteiger partial charge in [0.1, 0.15) is 0 Å². The summed E-state index contributed by atoms with van der Waals surface area (Å²) < 4.78 is 6.74. The maximum Gasteiger partial charge on any atom is 0.303 e. The smallest absolute Gasteiger partial charge is 0.303 e. The fraction of sp³-hybridized carbons (Fsp3) is 0.267. The molecule has 0 saturated heterocycles. The number of carboxylic acid groups (broad SMARTS) is 1. The van der Waals surface area contributed by atoms with Crippen LogP contribution in [0.2, 0.25) is 0 Å². The van der Waals surface area contributed by atoms with Gasteiger partial charge in [-0.25, -0.2) is 4.68 Å². The van der Waals surface area contributed by atoms with E-state index in [9.17, 15) is 9.59 Å². The van der Waals surface area contributed by atoms with Crippen LogP contribution in [0.15, 0.2) is 36.5 Å². The summed E-state index contributed by atoms with van der Waals surface area (Å²) in [5, 5.41) is 15.4. The number of nitrogens with zero attached hydrogens (tertiary/aromatic N) is 2. The van der Waals surface area contributed by atoms with Crippen molar-refractivity contribution in [2.45, 2.75) is 12.8 Å². The predicted octanol–water partition coefficient (Wildman–Crippen LogP) is 1.48. The third-order valence-corrected chi connectivity index (χ3v) is 2.99. The highest BCUT2D eigenvalue weighted by Crippen LogP contribution is 2.19. The van der Waals surface area contributed by atoms with Gasteiger partial charge in [-0.05, 0) is 18.6 Å². The number of carbonyl (C=O) groups excluding carboxylic acids is 1. The molecule has 0 aliphatic carbocycles. The molecule has 0 bridgehead atoms. The molecule has 7 nitrogen and oxygen atoms in total. The van der Waals surface area contributed by atoms with Crippen LogP contribution < -0.4 is 10.1 Å². The van der Waals surface area contributed by atoms with E-state index in [1.54, 1.807) is 10.9 Å². The molecule has 2 N–H and O–H groups in total. The third-order valence-electron chi connectivity index (χ3n) is 2.99. The van der Waals surface area contributed by atoms with Crippen molar-refractivity contribution in [3.63, 3.8) is 0 Å². The van der Waals surface area contributed by atoms with Crippen LogP contribution in [0.1, 0.15) is 23.3 Å². The van der Waals surface area contributed by atoms with Gasteiger partial charge in [-0.2, -0.15) is 5.10 Å². The van der Waals surface area contributed by atoms with E-state index < -0.39 is 11.9 Å². The SMILES string of the molecule is COc1cn(-c2ccccc2)nc1C(=O)NCCCC(=O)O. The summed E-state index contributed by atoms with van der Waals surface area (Å²) in [6, 6.07) is 9.35. The highest BCUT2D eigenvalue weighted by atomic mass is 16.5. The van der Waals surface area contributed by atoms with Gasteiger partial charge >= 0.3 is 5.97 Å². The van der Waals surface area contributed by atoms with Crippen LogP contribution in [0.25, 0.3) is 5.69 Å². The second-order valence-electron chi connectivity index (χ2n) is 4.58. The molecule has 1 aromatic heterocycles. The highest BCUT2D eigenvalue weighted by molar-refractivity contribution is 5.94. The number of amides is 1. The third kappa shape index (κ3) is 3.85. The zero-order valence-electron chi connectivity index (χ0n) is 12.2. The molecule has 0 radical (unpaired) electrons. The van der Waals surface area contributed by atoms with E-state index in [0.29, 0.717) is 12.2 Å². The second kappa shape index (κ2) is 7.26. The number of nitrogens with one attached hydrogen (secondary N) is 1. The maximum atomic E-state index is 12.1. The molecule has 0 atom stereocenters. The first-order valence-electron chi connectivity index (χ1n) is 6.81. The molecule has 0 unspecified atom stereocenters. The van der Waals surface area contributed by atoms with E-state index in [0.717, 1.165) is 5.69 Å². The quantitative estimate of drug-likeness (QED) is 0.756. The van der Waals surface area contributed by atoms with Crippen molar-refractivity contribution < 1.29 is 19.4 Å². The van der Waals surface area contributed by atoms with E-state index >= 15 is 0 Å². The van der Waals surface area contributed by atoms with E-state index in [2.05, 4.69) is 10.4 Å². The van der Waals surface area contributed by atoms with Crippen LogP contribution in [0.5, 0.6) is 5.75 Å². The van der Waals surface area contributed by atoms with Gasteiger partial charge in [-0.1, -0.05) is 18.2 Å². The van der Waals surface area contributed by atoms with Gasteiger partial charge in [-0.3, -0.25) is 9.59 Å². The summed E-state index contributed by atoms with van der Waals surface area (Å²) in [6.45, 7) is 0.270. The minimum absolute atomic E-state index is 0.00979. The van der Waals surface area contributed by atoms with Crippen molar-refractivity contribution in [1.29, 1.82) is 0 Å². The molecule has 0 spiro atoms. The first kappa shape index (κ1) is 15.6. The van der Waals surface area contributed by atoms with E-state index in [4.69, 9.17) is 9.84 Å².